The van der Waals surface area contributed by atoms with Gasteiger partial charge in [0.05, 0.1) is 11.1 Å². The van der Waals surface area contributed by atoms with Gasteiger partial charge in [0, 0.05) is 24.8 Å². The summed E-state index contributed by atoms with van der Waals surface area (Å²) in [4.78, 5) is 6.45. The second-order valence-corrected chi connectivity index (χ2v) is 5.52. The van der Waals surface area contributed by atoms with Crippen molar-refractivity contribution in [2.24, 2.45) is 5.73 Å². The fourth-order valence-electron chi connectivity index (χ4n) is 1.98. The molecule has 2 aromatic rings. The average Bonchev–Trinajstić information content (AvgIpc) is 2.47. The van der Waals surface area contributed by atoms with E-state index in [1.165, 1.54) is 5.56 Å². The molecule has 1 unspecified atom stereocenters. The van der Waals surface area contributed by atoms with Gasteiger partial charge in [0.2, 0.25) is 0 Å². The fraction of sp³-hybridized carbons (Fsp3) is 0.267. The third-order valence-electron chi connectivity index (χ3n) is 3.43. The number of pyridine rings is 1. The molecule has 0 saturated carbocycles. The molecule has 1 heterocycles. The van der Waals surface area contributed by atoms with E-state index in [1.807, 2.05) is 37.4 Å². The van der Waals surface area contributed by atoms with Gasteiger partial charge in [-0.1, -0.05) is 35.3 Å². The van der Waals surface area contributed by atoms with E-state index in [0.29, 0.717) is 11.6 Å². The summed E-state index contributed by atoms with van der Waals surface area (Å²) in [5.41, 5.74) is 7.74. The number of aromatic nitrogens is 1. The second kappa shape index (κ2) is 6.44. The summed E-state index contributed by atoms with van der Waals surface area (Å²) in [7, 11) is 2.00. The van der Waals surface area contributed by atoms with Crippen LogP contribution in [0.25, 0.3) is 0 Å². The van der Waals surface area contributed by atoms with Crippen molar-refractivity contribution in [3.8, 4) is 0 Å². The summed E-state index contributed by atoms with van der Waals surface area (Å²) in [6.07, 6.45) is 1.64. The molecule has 3 nitrogen and oxygen atoms in total. The molecule has 0 aliphatic rings. The first-order valence-corrected chi connectivity index (χ1v) is 7.11. The average molecular weight is 310 g/mol. The van der Waals surface area contributed by atoms with Crippen molar-refractivity contribution in [2.45, 2.75) is 19.5 Å². The molecular weight excluding hydrogens is 293 g/mol. The number of halogens is 2. The zero-order chi connectivity index (χ0) is 14.7. The van der Waals surface area contributed by atoms with Crippen LogP contribution in [0.4, 0.5) is 5.82 Å². The maximum absolute atomic E-state index is 6.04. The highest BCUT2D eigenvalue weighted by molar-refractivity contribution is 6.31. The molecule has 5 heteroatoms. The predicted octanol–water partition coefficient (Wildman–Crippen LogP) is 4.04. The van der Waals surface area contributed by atoms with Gasteiger partial charge in [-0.25, -0.2) is 4.98 Å². The lowest BCUT2D eigenvalue weighted by molar-refractivity contribution is 0.728. The Kier molecular flexibility index (Phi) is 4.86. The van der Waals surface area contributed by atoms with E-state index in [2.05, 4.69) is 16.8 Å². The van der Waals surface area contributed by atoms with Crippen molar-refractivity contribution in [2.75, 3.05) is 11.9 Å². The molecule has 0 spiro atoms. The summed E-state index contributed by atoms with van der Waals surface area (Å²) in [6, 6.07) is 9.91. The lowest BCUT2D eigenvalue weighted by Gasteiger charge is -2.27. The Labute approximate surface area is 129 Å². The molecule has 0 bridgehead atoms. The quantitative estimate of drug-likeness (QED) is 0.926. The predicted molar refractivity (Wildman–Crippen MR) is 85.4 cm³/mol. The van der Waals surface area contributed by atoms with Gasteiger partial charge >= 0.3 is 0 Å². The van der Waals surface area contributed by atoms with Gasteiger partial charge in [-0.15, -0.1) is 0 Å². The highest BCUT2D eigenvalue weighted by atomic mass is 35.5. The summed E-state index contributed by atoms with van der Waals surface area (Å²) in [5, 5.41) is 1.34. The van der Waals surface area contributed by atoms with Crippen molar-refractivity contribution in [1.29, 1.82) is 0 Å². The van der Waals surface area contributed by atoms with Crippen molar-refractivity contribution in [1.82, 2.24) is 4.98 Å². The molecule has 20 heavy (non-hydrogen) atoms. The van der Waals surface area contributed by atoms with E-state index >= 15 is 0 Å². The lowest BCUT2D eigenvalue weighted by Crippen LogP contribution is -2.22. The Morgan fingerprint density at radius 1 is 1.25 bits per heavy atom. The molecule has 106 valence electrons. The molecule has 0 saturated heterocycles. The van der Waals surface area contributed by atoms with Gasteiger partial charge in [-0.3, -0.25) is 0 Å². The van der Waals surface area contributed by atoms with Crippen LogP contribution in [0.2, 0.25) is 10.0 Å². The SMILES string of the molecule is CC(c1ccc(Cl)cc1)N(C)c1cc(CN)c(Cl)cn1. The minimum atomic E-state index is 0.173. The van der Waals surface area contributed by atoms with Gasteiger partial charge in [0.25, 0.3) is 0 Å². The van der Waals surface area contributed by atoms with E-state index in [4.69, 9.17) is 28.9 Å². The van der Waals surface area contributed by atoms with E-state index < -0.39 is 0 Å². The van der Waals surface area contributed by atoms with Crippen LogP contribution < -0.4 is 10.6 Å². The molecular formula is C15H17Cl2N3. The van der Waals surface area contributed by atoms with Crippen LogP contribution in [0.1, 0.15) is 24.1 Å². The maximum Gasteiger partial charge on any atom is 0.129 e. The minimum Gasteiger partial charge on any atom is -0.353 e. The monoisotopic (exact) mass is 309 g/mol. The van der Waals surface area contributed by atoms with E-state index in [1.54, 1.807) is 6.20 Å². The standard InChI is InChI=1S/C15H17Cl2N3/c1-10(11-3-5-13(16)6-4-11)20(2)15-7-12(8-18)14(17)9-19-15/h3-7,9-10H,8,18H2,1-2H3. The normalized spacial score (nSPS) is 12.2. The Morgan fingerprint density at radius 3 is 2.50 bits per heavy atom. The summed E-state index contributed by atoms with van der Waals surface area (Å²) in [5.74, 6) is 0.845. The topological polar surface area (TPSA) is 42.1 Å². The van der Waals surface area contributed by atoms with E-state index in [0.717, 1.165) is 16.4 Å². The van der Waals surface area contributed by atoms with Gasteiger partial charge in [-0.2, -0.15) is 0 Å². The highest BCUT2D eigenvalue weighted by Gasteiger charge is 2.14. The Balaban J connectivity index is 2.26. The lowest BCUT2D eigenvalue weighted by atomic mass is 10.1. The number of rotatable bonds is 4. The number of nitrogens with zero attached hydrogens (tertiary/aromatic N) is 2. The maximum atomic E-state index is 6.04. The van der Waals surface area contributed by atoms with Gasteiger partial charge in [-0.05, 0) is 36.2 Å². The van der Waals surface area contributed by atoms with Crippen molar-refractivity contribution < 1.29 is 0 Å². The Bertz CT molecular complexity index is 584. The molecule has 0 aliphatic carbocycles. The Morgan fingerprint density at radius 2 is 1.90 bits per heavy atom. The zero-order valence-corrected chi connectivity index (χ0v) is 13.0. The highest BCUT2D eigenvalue weighted by Crippen LogP contribution is 2.27. The van der Waals surface area contributed by atoms with Crippen molar-refractivity contribution >= 4 is 29.0 Å². The van der Waals surface area contributed by atoms with Crippen LogP contribution in [-0.2, 0) is 6.54 Å². The molecule has 0 amide bonds. The van der Waals surface area contributed by atoms with E-state index in [9.17, 15) is 0 Å². The first-order chi connectivity index (χ1) is 9.52. The first-order valence-electron chi connectivity index (χ1n) is 6.35. The third kappa shape index (κ3) is 3.23. The molecule has 1 aromatic carbocycles. The minimum absolute atomic E-state index is 0.173. The summed E-state index contributed by atoms with van der Waals surface area (Å²) < 4.78 is 0. The number of nitrogens with two attached hydrogens (primary N) is 1. The number of benzene rings is 1. The number of anilines is 1. The summed E-state index contributed by atoms with van der Waals surface area (Å²) in [6.45, 7) is 2.51. The van der Waals surface area contributed by atoms with Crippen LogP contribution in [0.15, 0.2) is 36.5 Å². The second-order valence-electron chi connectivity index (χ2n) is 4.68. The zero-order valence-electron chi connectivity index (χ0n) is 11.5. The summed E-state index contributed by atoms with van der Waals surface area (Å²) >= 11 is 12.0. The number of hydrogen-bond donors (Lipinski definition) is 1. The van der Waals surface area contributed by atoms with Crippen LogP contribution in [0.3, 0.4) is 0 Å². The van der Waals surface area contributed by atoms with Crippen LogP contribution >= 0.6 is 23.2 Å². The van der Waals surface area contributed by atoms with Gasteiger partial charge in [0.1, 0.15) is 5.82 Å². The molecule has 2 rings (SSSR count). The molecule has 0 aliphatic heterocycles. The third-order valence-corrected chi connectivity index (χ3v) is 4.03. The molecule has 0 fully saturated rings. The smallest absolute Gasteiger partial charge is 0.129 e. The molecule has 0 radical (unpaired) electrons. The van der Waals surface area contributed by atoms with Crippen LogP contribution in [0, 0.1) is 0 Å². The fourth-order valence-corrected chi connectivity index (χ4v) is 2.29. The van der Waals surface area contributed by atoms with Crippen LogP contribution in [-0.4, -0.2) is 12.0 Å². The molecule has 1 atom stereocenters. The van der Waals surface area contributed by atoms with Crippen molar-refractivity contribution in [3.05, 3.63) is 57.7 Å². The Hall–Kier alpha value is -1.29. The van der Waals surface area contributed by atoms with Crippen molar-refractivity contribution in [3.63, 3.8) is 0 Å². The van der Waals surface area contributed by atoms with Crippen LogP contribution in [0.5, 0.6) is 0 Å². The largest absolute Gasteiger partial charge is 0.353 e. The van der Waals surface area contributed by atoms with Gasteiger partial charge in [0.15, 0.2) is 0 Å². The van der Waals surface area contributed by atoms with Gasteiger partial charge < -0.3 is 10.6 Å². The van der Waals surface area contributed by atoms with E-state index in [-0.39, 0.29) is 6.04 Å². The number of hydrogen-bond acceptors (Lipinski definition) is 3. The molecule has 1 aromatic heterocycles. The molecule has 2 N–H and O–H groups in total. The first kappa shape index (κ1) is 15.1.